The minimum absolute atomic E-state index is 0.0681. The Labute approximate surface area is 254 Å². The van der Waals surface area contributed by atoms with Crippen LogP contribution in [-0.2, 0) is 27.5 Å². The van der Waals surface area contributed by atoms with Crippen LogP contribution in [0.1, 0.15) is 81.1 Å². The zero-order valence-electron chi connectivity index (χ0n) is 27.4. The van der Waals surface area contributed by atoms with Gasteiger partial charge in [-0.15, -0.1) is 0 Å². The molecule has 1 N–H and O–H groups in total. The Balaban J connectivity index is 2.19. The molecule has 2 rings (SSSR count). The van der Waals surface area contributed by atoms with E-state index in [-0.39, 0.29) is 41.7 Å². The van der Waals surface area contributed by atoms with Crippen LogP contribution >= 0.6 is 0 Å². The van der Waals surface area contributed by atoms with Crippen LogP contribution in [0.5, 0.6) is 0 Å². The first-order valence-corrected chi connectivity index (χ1v) is 17.7. The van der Waals surface area contributed by atoms with Crippen molar-refractivity contribution < 1.29 is 37.4 Å². The first-order valence-electron chi connectivity index (χ1n) is 15.7. The normalized spacial score (nSPS) is 27.3. The van der Waals surface area contributed by atoms with Gasteiger partial charge in [0.1, 0.15) is 0 Å². The maximum Gasteiger partial charge on any atom is 0.501 e. The quantitative estimate of drug-likeness (QED) is 0.100. The van der Waals surface area contributed by atoms with Gasteiger partial charge in [-0.2, -0.15) is 0 Å². The van der Waals surface area contributed by atoms with Gasteiger partial charge in [-0.25, -0.2) is 14.6 Å². The highest BCUT2D eigenvalue weighted by Gasteiger charge is 2.44. The lowest BCUT2D eigenvalue weighted by Gasteiger charge is -2.48. The van der Waals surface area contributed by atoms with Gasteiger partial charge in [0.2, 0.25) is 6.08 Å². The molecule has 2 fully saturated rings. The maximum absolute atomic E-state index is 12.8. The molecule has 12 heteroatoms. The van der Waals surface area contributed by atoms with Crippen LogP contribution in [0, 0.1) is 10.8 Å². The van der Waals surface area contributed by atoms with Crippen molar-refractivity contribution in [3.8, 4) is 0 Å². The molecule has 2 aliphatic rings. The van der Waals surface area contributed by atoms with Gasteiger partial charge in [0, 0.05) is 58.7 Å². The molecule has 0 aromatic heterocycles. The minimum Gasteiger partial charge on any atom is -0.465 e. The monoisotopic (exact) mass is 615 g/mol. The zero-order chi connectivity index (χ0) is 31.4. The fourth-order valence-corrected chi connectivity index (χ4v) is 9.79. The van der Waals surface area contributed by atoms with Crippen molar-refractivity contribution in [1.29, 1.82) is 0 Å². The third-order valence-electron chi connectivity index (χ3n) is 8.03. The summed E-state index contributed by atoms with van der Waals surface area (Å²) in [5, 5.41) is 10.5. The highest BCUT2D eigenvalue weighted by atomic mass is 28.4. The molecule has 0 radical (unpaired) electrons. The fraction of sp³-hybridized carbons (Fsp3) is 0.933. The van der Waals surface area contributed by atoms with Gasteiger partial charge in [-0.1, -0.05) is 20.8 Å². The summed E-state index contributed by atoms with van der Waals surface area (Å²) in [5.74, 6) is 0. The van der Waals surface area contributed by atoms with E-state index in [0.717, 1.165) is 25.9 Å². The van der Waals surface area contributed by atoms with Crippen LogP contribution in [0.15, 0.2) is 4.99 Å². The Morgan fingerprint density at radius 3 is 2.21 bits per heavy atom. The molecule has 5 unspecified atom stereocenters. The van der Waals surface area contributed by atoms with E-state index < -0.39 is 14.9 Å². The lowest BCUT2D eigenvalue weighted by molar-refractivity contribution is -0.0784. The Morgan fingerprint density at radius 1 is 1.10 bits per heavy atom. The van der Waals surface area contributed by atoms with Gasteiger partial charge in [0.05, 0.1) is 30.9 Å². The van der Waals surface area contributed by atoms with Crippen molar-refractivity contribution in [2.45, 2.75) is 111 Å². The van der Waals surface area contributed by atoms with Crippen molar-refractivity contribution in [3.05, 3.63) is 0 Å². The number of carbonyl (C=O) groups excluding carboxylic acids is 1. The number of carbonyl (C=O) groups is 1. The number of rotatable bonds is 18. The van der Waals surface area contributed by atoms with Gasteiger partial charge < -0.3 is 32.8 Å². The number of aliphatic imine (C=N–C) groups is 1. The molecule has 0 aromatic rings. The average Bonchev–Trinajstić information content (AvgIpc) is 2.85. The largest absolute Gasteiger partial charge is 0.501 e. The molecule has 0 bridgehead atoms. The summed E-state index contributed by atoms with van der Waals surface area (Å²) in [7, 11) is -2.77. The van der Waals surface area contributed by atoms with E-state index in [9.17, 15) is 14.7 Å². The molecule has 5 atom stereocenters. The summed E-state index contributed by atoms with van der Waals surface area (Å²) < 4.78 is 30.0. The van der Waals surface area contributed by atoms with Gasteiger partial charge in [-0.3, -0.25) is 4.90 Å². The number of hydrogen-bond donors (Lipinski definition) is 1. The van der Waals surface area contributed by atoms with E-state index in [1.165, 1.54) is 0 Å². The topological polar surface area (TPSA) is 119 Å². The molecule has 1 amide bonds. The Morgan fingerprint density at radius 2 is 1.69 bits per heavy atom. The number of ether oxygens (including phenoxy) is 2. The zero-order valence-corrected chi connectivity index (χ0v) is 28.4. The number of morpholine rings is 1. The summed E-state index contributed by atoms with van der Waals surface area (Å²) in [6.45, 7) is 21.0. The molecular formula is C30H57N3O8Si. The van der Waals surface area contributed by atoms with Crippen molar-refractivity contribution in [2.24, 2.45) is 15.8 Å². The van der Waals surface area contributed by atoms with Crippen LogP contribution in [0.25, 0.3) is 0 Å². The van der Waals surface area contributed by atoms with Gasteiger partial charge in [0.15, 0.2) is 0 Å². The molecule has 1 heterocycles. The third kappa shape index (κ3) is 12.0. The Hall–Kier alpha value is -1.37. The average molecular weight is 616 g/mol. The molecule has 0 aromatic carbocycles. The molecule has 1 aliphatic carbocycles. The van der Waals surface area contributed by atoms with Crippen molar-refractivity contribution in [3.63, 3.8) is 0 Å². The second-order valence-corrected chi connectivity index (χ2v) is 15.9. The van der Waals surface area contributed by atoms with Gasteiger partial charge >= 0.3 is 14.9 Å². The predicted molar refractivity (Wildman–Crippen MR) is 163 cm³/mol. The van der Waals surface area contributed by atoms with Crippen LogP contribution in [0.2, 0.25) is 6.04 Å². The minimum atomic E-state index is -2.77. The van der Waals surface area contributed by atoms with Crippen LogP contribution in [0.4, 0.5) is 4.79 Å². The van der Waals surface area contributed by atoms with Crippen molar-refractivity contribution in [1.82, 2.24) is 9.80 Å². The highest BCUT2D eigenvalue weighted by Crippen LogP contribution is 2.47. The second-order valence-electron chi connectivity index (χ2n) is 13.1. The van der Waals surface area contributed by atoms with Crippen molar-refractivity contribution in [2.75, 3.05) is 59.2 Å². The number of carboxylic acid groups (broad SMARTS) is 1. The molecule has 244 valence electrons. The molecule has 1 saturated heterocycles. The summed E-state index contributed by atoms with van der Waals surface area (Å²) in [6, 6.07) is 0.107. The predicted octanol–water partition coefficient (Wildman–Crippen LogP) is 4.82. The summed E-state index contributed by atoms with van der Waals surface area (Å²) in [5.41, 5.74) is -0.409. The number of isocyanates is 1. The Bertz CT molecular complexity index is 846. The van der Waals surface area contributed by atoms with E-state index in [0.29, 0.717) is 58.4 Å². The smallest absolute Gasteiger partial charge is 0.465 e. The number of hydrogen-bond acceptors (Lipinski definition) is 9. The van der Waals surface area contributed by atoms with Crippen LogP contribution < -0.4 is 0 Å². The van der Waals surface area contributed by atoms with Gasteiger partial charge in [-0.05, 0) is 71.1 Å². The SMILES string of the molecule is CCO[Si](CCCOCC(CN1CC(C)OC(C)C1)N(CC1(C)CC(N=C=O)CC(C)(C)C1)C(=O)O)(OCC)OCC. The standard InChI is InChI=1S/C30H57N3O8Si/c1-9-38-42(39-10-2,40-11-3)14-12-13-37-20-27(19-32-17-24(4)41-25(5)18-32)33(28(35)36)22-30(8)16-26(31-23-34)15-29(6,7)21-30/h24-27H,9-22H2,1-8H3,(H,35,36). The van der Waals surface area contributed by atoms with E-state index in [1.807, 2.05) is 34.6 Å². The summed E-state index contributed by atoms with van der Waals surface area (Å²) in [6.07, 6.45) is 3.87. The van der Waals surface area contributed by atoms with E-state index in [2.05, 4.69) is 30.7 Å². The third-order valence-corrected chi connectivity index (χ3v) is 11.2. The second kappa shape index (κ2) is 17.2. The molecular weight excluding hydrogens is 558 g/mol. The van der Waals surface area contributed by atoms with Gasteiger partial charge in [0.25, 0.3) is 0 Å². The van der Waals surface area contributed by atoms with Crippen molar-refractivity contribution >= 4 is 21.0 Å². The summed E-state index contributed by atoms with van der Waals surface area (Å²) in [4.78, 5) is 31.8. The van der Waals surface area contributed by atoms with Crippen LogP contribution in [-0.4, -0.2) is 119 Å². The number of nitrogens with zero attached hydrogens (tertiary/aromatic N) is 3. The molecule has 11 nitrogen and oxygen atoms in total. The van der Waals surface area contributed by atoms with E-state index in [4.69, 9.17) is 22.8 Å². The molecule has 1 aliphatic heterocycles. The fourth-order valence-electron chi connectivity index (χ4n) is 7.21. The lowest BCUT2D eigenvalue weighted by Crippen LogP contribution is -2.56. The number of amides is 1. The lowest BCUT2D eigenvalue weighted by atomic mass is 9.62. The Kier molecular flexibility index (Phi) is 15.1. The molecule has 0 spiro atoms. The first-order chi connectivity index (χ1) is 19.8. The van der Waals surface area contributed by atoms with E-state index in [1.54, 1.807) is 11.0 Å². The van der Waals surface area contributed by atoms with Crippen LogP contribution in [0.3, 0.4) is 0 Å². The summed E-state index contributed by atoms with van der Waals surface area (Å²) >= 11 is 0. The molecule has 42 heavy (non-hydrogen) atoms. The maximum atomic E-state index is 12.8. The first kappa shape index (κ1) is 36.8. The molecule has 1 saturated carbocycles. The van der Waals surface area contributed by atoms with E-state index >= 15 is 0 Å². The highest BCUT2D eigenvalue weighted by molar-refractivity contribution is 6.60.